The molecule has 1 unspecified atom stereocenters. The SMILES string of the molecule is O=C(O)CCC(Cc1ccccc1)NC(=O)N1CCc2c(F)ccc(F)c2C1. The largest absolute Gasteiger partial charge is 0.481 e. The first kappa shape index (κ1) is 19.8. The van der Waals surface area contributed by atoms with Crippen molar-refractivity contribution >= 4 is 12.0 Å². The molecule has 0 saturated heterocycles. The van der Waals surface area contributed by atoms with Gasteiger partial charge >= 0.3 is 12.0 Å². The third kappa shape index (κ3) is 4.85. The third-order valence-electron chi connectivity index (χ3n) is 4.94. The van der Waals surface area contributed by atoms with Crippen molar-refractivity contribution in [2.45, 2.75) is 38.3 Å². The summed E-state index contributed by atoms with van der Waals surface area (Å²) in [6.45, 7) is 0.262. The van der Waals surface area contributed by atoms with Crippen molar-refractivity contribution < 1.29 is 23.5 Å². The first-order chi connectivity index (χ1) is 13.4. The minimum absolute atomic E-state index is 0.0122. The van der Waals surface area contributed by atoms with E-state index in [-0.39, 0.29) is 44.0 Å². The van der Waals surface area contributed by atoms with Crippen LogP contribution >= 0.6 is 0 Å². The van der Waals surface area contributed by atoms with E-state index in [0.717, 1.165) is 17.7 Å². The minimum Gasteiger partial charge on any atom is -0.481 e. The molecule has 1 aliphatic rings. The third-order valence-corrected chi connectivity index (χ3v) is 4.94. The summed E-state index contributed by atoms with van der Waals surface area (Å²) < 4.78 is 27.9. The summed E-state index contributed by atoms with van der Waals surface area (Å²) in [5.74, 6) is -1.92. The molecule has 1 atom stereocenters. The van der Waals surface area contributed by atoms with Crippen molar-refractivity contribution in [1.82, 2.24) is 10.2 Å². The number of amides is 2. The molecule has 0 aliphatic carbocycles. The lowest BCUT2D eigenvalue weighted by Gasteiger charge is -2.31. The van der Waals surface area contributed by atoms with Gasteiger partial charge in [-0.2, -0.15) is 0 Å². The summed E-state index contributed by atoms with van der Waals surface area (Å²) in [7, 11) is 0. The van der Waals surface area contributed by atoms with Crippen LogP contribution in [0.4, 0.5) is 13.6 Å². The quantitative estimate of drug-likeness (QED) is 0.796. The molecule has 7 heteroatoms. The number of fused-ring (bicyclic) bond motifs is 1. The van der Waals surface area contributed by atoms with Crippen LogP contribution in [0, 0.1) is 11.6 Å². The number of hydrogen-bond donors (Lipinski definition) is 2. The minimum atomic E-state index is -0.934. The van der Waals surface area contributed by atoms with Gasteiger partial charge in [0, 0.05) is 24.6 Å². The first-order valence-electron chi connectivity index (χ1n) is 9.21. The number of halogens is 2. The van der Waals surface area contributed by atoms with Gasteiger partial charge in [0.15, 0.2) is 0 Å². The zero-order chi connectivity index (χ0) is 20.1. The average Bonchev–Trinajstić information content (AvgIpc) is 2.69. The Balaban J connectivity index is 1.69. The van der Waals surface area contributed by atoms with Crippen LogP contribution in [0.25, 0.3) is 0 Å². The summed E-state index contributed by atoms with van der Waals surface area (Å²) in [6.07, 6.45) is 0.946. The zero-order valence-electron chi connectivity index (χ0n) is 15.3. The number of nitrogens with one attached hydrogen (secondary N) is 1. The number of aliphatic carboxylic acids is 1. The molecule has 5 nitrogen and oxygen atoms in total. The van der Waals surface area contributed by atoms with Crippen LogP contribution in [0.5, 0.6) is 0 Å². The van der Waals surface area contributed by atoms with Gasteiger partial charge in [-0.25, -0.2) is 13.6 Å². The molecule has 2 N–H and O–H groups in total. The maximum absolute atomic E-state index is 14.1. The Bertz CT molecular complexity index is 858. The highest BCUT2D eigenvalue weighted by Gasteiger charge is 2.26. The monoisotopic (exact) mass is 388 g/mol. The van der Waals surface area contributed by atoms with Gasteiger partial charge in [-0.05, 0) is 42.5 Å². The second-order valence-electron chi connectivity index (χ2n) is 6.93. The van der Waals surface area contributed by atoms with Crippen LogP contribution < -0.4 is 5.32 Å². The molecule has 148 valence electrons. The molecule has 3 rings (SSSR count). The van der Waals surface area contributed by atoms with Crippen molar-refractivity contribution in [2.75, 3.05) is 6.54 Å². The van der Waals surface area contributed by atoms with E-state index in [1.54, 1.807) is 0 Å². The number of carboxylic acid groups (broad SMARTS) is 1. The number of benzene rings is 2. The second kappa shape index (κ2) is 8.82. The van der Waals surface area contributed by atoms with Gasteiger partial charge in [-0.1, -0.05) is 30.3 Å². The van der Waals surface area contributed by atoms with E-state index in [1.165, 1.54) is 4.90 Å². The van der Waals surface area contributed by atoms with Crippen LogP contribution in [-0.4, -0.2) is 34.6 Å². The van der Waals surface area contributed by atoms with Gasteiger partial charge in [-0.15, -0.1) is 0 Å². The Morgan fingerprint density at radius 3 is 2.43 bits per heavy atom. The zero-order valence-corrected chi connectivity index (χ0v) is 15.3. The molecular weight excluding hydrogens is 366 g/mol. The van der Waals surface area contributed by atoms with Crippen LogP contribution in [0.1, 0.15) is 29.5 Å². The van der Waals surface area contributed by atoms with Gasteiger partial charge in [0.1, 0.15) is 11.6 Å². The summed E-state index contributed by atoms with van der Waals surface area (Å²) >= 11 is 0. The predicted molar refractivity (Wildman–Crippen MR) is 99.8 cm³/mol. The van der Waals surface area contributed by atoms with Crippen molar-refractivity contribution in [3.63, 3.8) is 0 Å². The molecule has 0 fully saturated rings. The summed E-state index contributed by atoms with van der Waals surface area (Å²) in [4.78, 5) is 25.1. The maximum atomic E-state index is 14.1. The number of nitrogens with zero attached hydrogens (tertiary/aromatic N) is 1. The Hall–Kier alpha value is -2.96. The van der Waals surface area contributed by atoms with Gasteiger partial charge in [0.25, 0.3) is 0 Å². The summed E-state index contributed by atoms with van der Waals surface area (Å²) in [5.41, 5.74) is 1.50. The number of urea groups is 1. The Labute approximate surface area is 162 Å². The number of rotatable bonds is 6. The fourth-order valence-electron chi connectivity index (χ4n) is 3.45. The molecule has 0 saturated carbocycles. The van der Waals surface area contributed by atoms with E-state index >= 15 is 0 Å². The Kier molecular flexibility index (Phi) is 6.23. The van der Waals surface area contributed by atoms with Crippen molar-refractivity contribution in [3.05, 3.63) is 70.8 Å². The van der Waals surface area contributed by atoms with Crippen molar-refractivity contribution in [3.8, 4) is 0 Å². The number of carbonyl (C=O) groups is 2. The van der Waals surface area contributed by atoms with E-state index in [4.69, 9.17) is 5.11 Å². The van der Waals surface area contributed by atoms with Gasteiger partial charge < -0.3 is 15.3 Å². The molecule has 1 heterocycles. The van der Waals surface area contributed by atoms with Gasteiger partial charge in [0.05, 0.1) is 6.54 Å². The molecule has 2 amide bonds. The van der Waals surface area contributed by atoms with E-state index < -0.39 is 23.6 Å². The fraction of sp³-hybridized carbons (Fsp3) is 0.333. The lowest BCUT2D eigenvalue weighted by atomic mass is 9.98. The first-order valence-corrected chi connectivity index (χ1v) is 9.21. The predicted octanol–water partition coefficient (Wildman–Crippen LogP) is 3.51. The average molecular weight is 388 g/mol. The van der Waals surface area contributed by atoms with E-state index in [0.29, 0.717) is 12.0 Å². The molecule has 0 spiro atoms. The topological polar surface area (TPSA) is 69.6 Å². The molecular formula is C21H22F2N2O3. The van der Waals surface area contributed by atoms with Crippen molar-refractivity contribution in [1.29, 1.82) is 0 Å². The lowest BCUT2D eigenvalue weighted by molar-refractivity contribution is -0.137. The van der Waals surface area contributed by atoms with E-state index in [9.17, 15) is 18.4 Å². The Morgan fingerprint density at radius 1 is 1.07 bits per heavy atom. The van der Waals surface area contributed by atoms with Crippen LogP contribution in [0.3, 0.4) is 0 Å². The summed E-state index contributed by atoms with van der Waals surface area (Å²) in [6, 6.07) is 10.9. The number of hydrogen-bond acceptors (Lipinski definition) is 2. The highest BCUT2D eigenvalue weighted by Crippen LogP contribution is 2.24. The summed E-state index contributed by atoms with van der Waals surface area (Å²) in [5, 5.41) is 11.8. The second-order valence-corrected chi connectivity index (χ2v) is 6.93. The van der Waals surface area contributed by atoms with Gasteiger partial charge in [0.2, 0.25) is 0 Å². The lowest BCUT2D eigenvalue weighted by Crippen LogP contribution is -2.47. The van der Waals surface area contributed by atoms with E-state index in [1.807, 2.05) is 30.3 Å². The molecule has 2 aromatic carbocycles. The highest BCUT2D eigenvalue weighted by molar-refractivity contribution is 5.75. The fourth-order valence-corrected chi connectivity index (χ4v) is 3.45. The smallest absolute Gasteiger partial charge is 0.317 e. The molecule has 0 radical (unpaired) electrons. The molecule has 0 aromatic heterocycles. The highest BCUT2D eigenvalue weighted by atomic mass is 19.1. The standard InChI is InChI=1S/C21H22F2N2O3/c22-18-7-8-19(23)17-13-25(11-10-16(17)18)21(28)24-15(6-9-20(26)27)12-14-4-2-1-3-5-14/h1-5,7-8,15H,6,9-13H2,(H,24,28)(H,26,27). The number of carbonyl (C=O) groups excluding carboxylic acids is 1. The van der Waals surface area contributed by atoms with Crippen LogP contribution in [0.15, 0.2) is 42.5 Å². The van der Waals surface area contributed by atoms with Crippen LogP contribution in [-0.2, 0) is 24.2 Å². The molecule has 1 aliphatic heterocycles. The van der Waals surface area contributed by atoms with Crippen molar-refractivity contribution in [2.24, 2.45) is 0 Å². The molecule has 28 heavy (non-hydrogen) atoms. The van der Waals surface area contributed by atoms with Gasteiger partial charge in [-0.3, -0.25) is 4.79 Å². The normalized spacial score (nSPS) is 14.3. The molecule has 2 aromatic rings. The van der Waals surface area contributed by atoms with Crippen LogP contribution in [0.2, 0.25) is 0 Å². The number of carboxylic acids is 1. The molecule has 0 bridgehead atoms. The maximum Gasteiger partial charge on any atom is 0.317 e. The van der Waals surface area contributed by atoms with E-state index in [2.05, 4.69) is 5.32 Å². The Morgan fingerprint density at radius 2 is 1.75 bits per heavy atom.